The fourth-order valence-corrected chi connectivity index (χ4v) is 4.08. The quantitative estimate of drug-likeness (QED) is 0.493. The van der Waals surface area contributed by atoms with E-state index in [0.717, 1.165) is 29.6 Å². The topological polar surface area (TPSA) is 102 Å². The van der Waals surface area contributed by atoms with E-state index in [1.165, 1.54) is 23.5 Å². The number of halogens is 3. The molecule has 8 nitrogen and oxygen atoms in total. The van der Waals surface area contributed by atoms with Gasteiger partial charge in [-0.15, -0.1) is 21.5 Å². The Balaban J connectivity index is 1.59. The highest BCUT2D eigenvalue weighted by molar-refractivity contribution is 8.00. The van der Waals surface area contributed by atoms with Gasteiger partial charge in [0.25, 0.3) is 0 Å². The first-order valence-corrected chi connectivity index (χ1v) is 11.0. The van der Waals surface area contributed by atoms with Crippen LogP contribution in [0.5, 0.6) is 0 Å². The zero-order valence-electron chi connectivity index (χ0n) is 17.2. The fourth-order valence-electron chi connectivity index (χ4n) is 2.55. The number of benzene rings is 1. The molecule has 3 rings (SSSR count). The summed E-state index contributed by atoms with van der Waals surface area (Å²) in [6.07, 6.45) is -4.70. The molecule has 0 unspecified atom stereocenters. The third-order valence-electron chi connectivity index (χ3n) is 4.22. The number of thioether (sulfide) groups is 1. The first kappa shape index (κ1) is 23.7. The van der Waals surface area contributed by atoms with E-state index >= 15 is 0 Å². The number of amides is 2. The Hall–Kier alpha value is -2.93. The lowest BCUT2D eigenvalue weighted by Crippen LogP contribution is -2.23. The number of thiazole rings is 1. The molecule has 3 aromatic rings. The molecular weight excluding hydrogens is 465 g/mol. The summed E-state index contributed by atoms with van der Waals surface area (Å²) in [6.45, 7) is 3.53. The Labute approximate surface area is 189 Å². The third-order valence-corrected chi connectivity index (χ3v) is 6.23. The van der Waals surface area contributed by atoms with Crippen molar-refractivity contribution < 1.29 is 22.8 Å². The summed E-state index contributed by atoms with van der Waals surface area (Å²) in [4.78, 5) is 28.8. The molecule has 0 spiro atoms. The maximum atomic E-state index is 12.8. The van der Waals surface area contributed by atoms with Crippen LogP contribution in [0.25, 0.3) is 0 Å². The highest BCUT2D eigenvalue weighted by atomic mass is 32.2. The molecule has 170 valence electrons. The number of anilines is 2. The molecule has 2 amide bonds. The van der Waals surface area contributed by atoms with Gasteiger partial charge in [0, 0.05) is 18.1 Å². The van der Waals surface area contributed by atoms with Gasteiger partial charge in [-0.25, -0.2) is 4.98 Å². The molecule has 0 aliphatic heterocycles. The van der Waals surface area contributed by atoms with Crippen molar-refractivity contribution in [3.05, 3.63) is 46.7 Å². The Morgan fingerprint density at radius 3 is 2.66 bits per heavy atom. The maximum Gasteiger partial charge on any atom is 0.416 e. The van der Waals surface area contributed by atoms with Gasteiger partial charge in [0.05, 0.1) is 22.9 Å². The number of alkyl halides is 3. The van der Waals surface area contributed by atoms with Crippen LogP contribution in [0.3, 0.4) is 0 Å². The molecule has 13 heteroatoms. The van der Waals surface area contributed by atoms with Gasteiger partial charge < -0.3 is 15.2 Å². The number of aryl methyl sites for hydroxylation is 1. The van der Waals surface area contributed by atoms with Crippen LogP contribution in [0.2, 0.25) is 0 Å². The fraction of sp³-hybridized carbons (Fsp3) is 0.316. The number of nitrogens with one attached hydrogen (secondary N) is 2. The average Bonchev–Trinajstić information content (AvgIpc) is 3.27. The molecule has 0 aliphatic carbocycles. The molecular formula is C19H19F3N6O2S2. The van der Waals surface area contributed by atoms with Gasteiger partial charge in [0.15, 0.2) is 10.3 Å². The average molecular weight is 485 g/mol. The minimum absolute atomic E-state index is 0.0318. The minimum Gasteiger partial charge on any atom is -0.326 e. The molecule has 0 fully saturated rings. The van der Waals surface area contributed by atoms with Crippen LogP contribution in [0.1, 0.15) is 24.0 Å². The SMILES string of the molecule is Cc1csc(NC(=O)[C@@H](C)Sc2nnc(CC(=O)Nc3cccc(C(F)(F)F)c3)n2C)n1. The van der Waals surface area contributed by atoms with E-state index in [1.807, 2.05) is 12.3 Å². The number of hydrogen-bond acceptors (Lipinski definition) is 7. The molecule has 0 radical (unpaired) electrons. The zero-order chi connectivity index (χ0) is 23.5. The summed E-state index contributed by atoms with van der Waals surface area (Å²) < 4.78 is 40.0. The summed E-state index contributed by atoms with van der Waals surface area (Å²) in [5.41, 5.74) is -0.0101. The highest BCUT2D eigenvalue weighted by Crippen LogP contribution is 2.30. The van der Waals surface area contributed by atoms with Crippen LogP contribution in [0, 0.1) is 6.92 Å². The third kappa shape index (κ3) is 6.07. The molecule has 2 heterocycles. The molecule has 0 saturated carbocycles. The van der Waals surface area contributed by atoms with Crippen LogP contribution in [-0.4, -0.2) is 36.8 Å². The molecule has 0 bridgehead atoms. The van der Waals surface area contributed by atoms with Crippen molar-refractivity contribution in [2.24, 2.45) is 7.05 Å². The van der Waals surface area contributed by atoms with Crippen LogP contribution in [0.15, 0.2) is 34.8 Å². The van der Waals surface area contributed by atoms with Crippen molar-refractivity contribution in [2.45, 2.75) is 36.9 Å². The van der Waals surface area contributed by atoms with Gasteiger partial charge in [-0.05, 0) is 32.0 Å². The monoisotopic (exact) mass is 484 g/mol. The summed E-state index contributed by atoms with van der Waals surface area (Å²) in [5.74, 6) is -0.488. The van der Waals surface area contributed by atoms with E-state index in [2.05, 4.69) is 25.8 Å². The predicted octanol–water partition coefficient (Wildman–Crippen LogP) is 3.90. The Kier molecular flexibility index (Phi) is 7.19. The standard InChI is InChI=1S/C19H19F3N6O2S2/c1-10-9-31-17(23-10)25-16(30)11(2)32-18-27-26-14(28(18)3)8-15(29)24-13-6-4-5-12(7-13)19(20,21)22/h4-7,9,11H,8H2,1-3H3,(H,24,29)(H,23,25,30)/t11-/m1/s1. The van der Waals surface area contributed by atoms with Gasteiger partial charge in [0.2, 0.25) is 11.8 Å². The van der Waals surface area contributed by atoms with Gasteiger partial charge in [0.1, 0.15) is 5.82 Å². The van der Waals surface area contributed by atoms with Gasteiger partial charge in [-0.2, -0.15) is 13.2 Å². The molecule has 1 atom stereocenters. The van der Waals surface area contributed by atoms with Crippen molar-refractivity contribution in [3.8, 4) is 0 Å². The number of nitrogens with zero attached hydrogens (tertiary/aromatic N) is 4. The lowest BCUT2D eigenvalue weighted by molar-refractivity contribution is -0.137. The molecule has 2 aromatic heterocycles. The Bertz CT molecular complexity index is 1130. The van der Waals surface area contributed by atoms with Crippen molar-refractivity contribution >= 4 is 45.7 Å². The van der Waals surface area contributed by atoms with Crippen molar-refractivity contribution in [2.75, 3.05) is 10.6 Å². The van der Waals surface area contributed by atoms with Crippen molar-refractivity contribution in [3.63, 3.8) is 0 Å². The summed E-state index contributed by atoms with van der Waals surface area (Å²) in [6, 6.07) is 4.37. The van der Waals surface area contributed by atoms with E-state index in [9.17, 15) is 22.8 Å². The van der Waals surface area contributed by atoms with Crippen LogP contribution < -0.4 is 10.6 Å². The van der Waals surface area contributed by atoms with E-state index in [1.54, 1.807) is 18.5 Å². The van der Waals surface area contributed by atoms with Crippen LogP contribution >= 0.6 is 23.1 Å². The Morgan fingerprint density at radius 1 is 1.25 bits per heavy atom. The second-order valence-electron chi connectivity index (χ2n) is 6.80. The second kappa shape index (κ2) is 9.69. The van der Waals surface area contributed by atoms with Gasteiger partial charge in [-0.1, -0.05) is 17.8 Å². The normalized spacial score (nSPS) is 12.4. The molecule has 0 aliphatic rings. The van der Waals surface area contributed by atoms with Crippen LogP contribution in [0.4, 0.5) is 24.0 Å². The second-order valence-corrected chi connectivity index (χ2v) is 8.97. The lowest BCUT2D eigenvalue weighted by atomic mass is 10.2. The number of hydrogen-bond donors (Lipinski definition) is 2. The molecule has 1 aromatic carbocycles. The van der Waals surface area contributed by atoms with E-state index < -0.39 is 22.9 Å². The summed E-state index contributed by atoms with van der Waals surface area (Å²) in [5, 5.41) is 15.4. The number of aromatic nitrogens is 4. The largest absolute Gasteiger partial charge is 0.416 e. The minimum atomic E-state index is -4.50. The maximum absolute atomic E-state index is 12.8. The number of carbonyl (C=O) groups is 2. The predicted molar refractivity (Wildman–Crippen MR) is 116 cm³/mol. The van der Waals surface area contributed by atoms with Crippen molar-refractivity contribution in [1.82, 2.24) is 19.7 Å². The number of carbonyl (C=O) groups excluding carboxylic acids is 2. The van der Waals surface area contributed by atoms with Gasteiger partial charge >= 0.3 is 6.18 Å². The molecule has 32 heavy (non-hydrogen) atoms. The summed E-state index contributed by atoms with van der Waals surface area (Å²) >= 11 is 2.48. The first-order chi connectivity index (χ1) is 15.0. The van der Waals surface area contributed by atoms with Crippen molar-refractivity contribution in [1.29, 1.82) is 0 Å². The van der Waals surface area contributed by atoms with E-state index in [-0.39, 0.29) is 18.0 Å². The zero-order valence-corrected chi connectivity index (χ0v) is 18.9. The lowest BCUT2D eigenvalue weighted by Gasteiger charge is -2.11. The van der Waals surface area contributed by atoms with Crippen LogP contribution in [-0.2, 0) is 29.2 Å². The highest BCUT2D eigenvalue weighted by Gasteiger charge is 2.30. The van der Waals surface area contributed by atoms with E-state index in [4.69, 9.17) is 0 Å². The smallest absolute Gasteiger partial charge is 0.326 e. The molecule has 0 saturated heterocycles. The van der Waals surface area contributed by atoms with Gasteiger partial charge in [-0.3, -0.25) is 9.59 Å². The Morgan fingerprint density at radius 2 is 2.00 bits per heavy atom. The first-order valence-electron chi connectivity index (χ1n) is 9.28. The number of rotatable bonds is 7. The van der Waals surface area contributed by atoms with E-state index in [0.29, 0.717) is 16.1 Å². The summed E-state index contributed by atoms with van der Waals surface area (Å²) in [7, 11) is 1.64. The molecule has 2 N–H and O–H groups in total.